The van der Waals surface area contributed by atoms with Crippen LogP contribution >= 0.6 is 11.8 Å². The van der Waals surface area contributed by atoms with E-state index in [9.17, 15) is 9.18 Å². The van der Waals surface area contributed by atoms with E-state index in [1.165, 1.54) is 49.9 Å². The predicted molar refractivity (Wildman–Crippen MR) is 116 cm³/mol. The molecule has 0 saturated heterocycles. The third-order valence-electron chi connectivity index (χ3n) is 5.24. The number of allylic oxidation sites excluding steroid dienone is 1. The molecule has 30 heavy (non-hydrogen) atoms. The molecular weight excluding hydrogens is 403 g/mol. The third kappa shape index (κ3) is 6.08. The number of hydrogen-bond acceptors (Lipinski definition) is 5. The van der Waals surface area contributed by atoms with Crippen molar-refractivity contribution in [2.24, 2.45) is 5.92 Å². The highest BCUT2D eigenvalue weighted by Crippen LogP contribution is 2.25. The second-order valence-corrected chi connectivity index (χ2v) is 8.83. The summed E-state index contributed by atoms with van der Waals surface area (Å²) < 4.78 is 21.2. The normalized spacial score (nSPS) is 15.5. The summed E-state index contributed by atoms with van der Waals surface area (Å²) in [5, 5.41) is 11.8. The Bertz CT molecular complexity index is 851. The van der Waals surface area contributed by atoms with Crippen LogP contribution in [0.1, 0.15) is 44.9 Å². The van der Waals surface area contributed by atoms with E-state index in [0.29, 0.717) is 23.4 Å². The van der Waals surface area contributed by atoms with Crippen LogP contribution in [0, 0.1) is 11.7 Å². The van der Waals surface area contributed by atoms with E-state index in [1.54, 1.807) is 24.3 Å². The van der Waals surface area contributed by atoms with Gasteiger partial charge < -0.3 is 10.1 Å². The van der Waals surface area contributed by atoms with Gasteiger partial charge in [-0.05, 0) is 37.8 Å². The smallest absolute Gasteiger partial charge is 0.233 e. The minimum Gasteiger partial charge on any atom is -0.483 e. The van der Waals surface area contributed by atoms with Gasteiger partial charge in [-0.15, -0.1) is 16.8 Å². The highest BCUT2D eigenvalue weighted by molar-refractivity contribution is 8.00. The van der Waals surface area contributed by atoms with Crippen molar-refractivity contribution in [3.05, 3.63) is 48.6 Å². The number of amides is 1. The number of halogens is 1. The van der Waals surface area contributed by atoms with Crippen LogP contribution in [-0.2, 0) is 17.9 Å². The second kappa shape index (κ2) is 11.2. The molecule has 1 N–H and O–H groups in total. The Morgan fingerprint density at radius 2 is 2.13 bits per heavy atom. The maximum Gasteiger partial charge on any atom is 0.233 e. The summed E-state index contributed by atoms with van der Waals surface area (Å²) in [6, 6.07) is 6.23. The van der Waals surface area contributed by atoms with Gasteiger partial charge in [0.25, 0.3) is 0 Å². The molecule has 1 amide bonds. The number of hydrogen-bond donors (Lipinski definition) is 1. The number of thioether (sulfide) groups is 1. The van der Waals surface area contributed by atoms with Crippen LogP contribution in [0.5, 0.6) is 5.75 Å². The van der Waals surface area contributed by atoms with Gasteiger partial charge in [-0.2, -0.15) is 0 Å². The predicted octanol–water partition coefficient (Wildman–Crippen LogP) is 4.36. The Kier molecular flexibility index (Phi) is 8.30. The van der Waals surface area contributed by atoms with Crippen molar-refractivity contribution in [2.45, 2.75) is 62.6 Å². The standard InChI is InChI=1S/C22H29FN4O2S/c1-3-13-27-20(15-29-19-12-8-7-11-18(19)23)25-26-22(27)30-16(2)21(28)24-14-17-9-5-4-6-10-17/h3,7-8,11-12,16-17H,1,4-6,9-10,13-15H2,2H3,(H,24,28). The first-order chi connectivity index (χ1) is 14.6. The second-order valence-electron chi connectivity index (χ2n) is 7.53. The molecule has 162 valence electrons. The van der Waals surface area contributed by atoms with Crippen molar-refractivity contribution >= 4 is 17.7 Å². The number of rotatable bonds is 10. The van der Waals surface area contributed by atoms with E-state index in [-0.39, 0.29) is 23.5 Å². The van der Waals surface area contributed by atoms with E-state index in [1.807, 2.05) is 11.5 Å². The molecule has 1 aliphatic rings. The van der Waals surface area contributed by atoms with Gasteiger partial charge in [0, 0.05) is 13.1 Å². The summed E-state index contributed by atoms with van der Waals surface area (Å²) in [6.07, 6.45) is 7.94. The van der Waals surface area contributed by atoms with E-state index >= 15 is 0 Å². The zero-order valence-electron chi connectivity index (χ0n) is 17.3. The molecule has 0 radical (unpaired) electrons. The molecule has 6 nitrogen and oxygen atoms in total. The van der Waals surface area contributed by atoms with Gasteiger partial charge in [0.15, 0.2) is 22.5 Å². The van der Waals surface area contributed by atoms with Gasteiger partial charge in [-0.3, -0.25) is 9.36 Å². The first-order valence-electron chi connectivity index (χ1n) is 10.4. The molecule has 3 rings (SSSR count). The van der Waals surface area contributed by atoms with Gasteiger partial charge in [0.1, 0.15) is 6.61 Å². The number of aromatic nitrogens is 3. The van der Waals surface area contributed by atoms with Gasteiger partial charge in [-0.1, -0.05) is 49.2 Å². The number of ether oxygens (including phenoxy) is 1. The van der Waals surface area contributed by atoms with Gasteiger partial charge >= 0.3 is 0 Å². The molecule has 0 bridgehead atoms. The Hall–Kier alpha value is -2.35. The monoisotopic (exact) mass is 432 g/mol. The van der Waals surface area contributed by atoms with Crippen LogP contribution in [-0.4, -0.2) is 32.5 Å². The fourth-order valence-electron chi connectivity index (χ4n) is 3.52. The Morgan fingerprint density at radius 1 is 1.37 bits per heavy atom. The molecule has 2 aromatic rings. The Labute approximate surface area is 181 Å². The van der Waals surface area contributed by atoms with Gasteiger partial charge in [0.2, 0.25) is 5.91 Å². The van der Waals surface area contributed by atoms with E-state index < -0.39 is 5.82 Å². The summed E-state index contributed by atoms with van der Waals surface area (Å²) in [5.41, 5.74) is 0. The quantitative estimate of drug-likeness (QED) is 0.446. The maximum atomic E-state index is 13.8. The first-order valence-corrected chi connectivity index (χ1v) is 11.3. The van der Waals surface area contributed by atoms with E-state index in [4.69, 9.17) is 4.74 Å². The molecular formula is C22H29FN4O2S. The largest absolute Gasteiger partial charge is 0.483 e. The fraction of sp³-hybridized carbons (Fsp3) is 0.500. The summed E-state index contributed by atoms with van der Waals surface area (Å²) >= 11 is 1.35. The minimum absolute atomic E-state index is 0.00267. The van der Waals surface area contributed by atoms with Crippen molar-refractivity contribution in [2.75, 3.05) is 6.54 Å². The lowest BCUT2D eigenvalue weighted by atomic mass is 9.89. The van der Waals surface area contributed by atoms with E-state index in [0.717, 1.165) is 6.54 Å². The molecule has 1 heterocycles. The number of para-hydroxylation sites is 1. The average molecular weight is 433 g/mol. The molecule has 1 unspecified atom stereocenters. The van der Waals surface area contributed by atoms with Crippen LogP contribution in [0.25, 0.3) is 0 Å². The lowest BCUT2D eigenvalue weighted by molar-refractivity contribution is -0.120. The highest BCUT2D eigenvalue weighted by Gasteiger charge is 2.21. The van der Waals surface area contributed by atoms with Gasteiger partial charge in [-0.25, -0.2) is 4.39 Å². The maximum absolute atomic E-state index is 13.8. The topological polar surface area (TPSA) is 69.0 Å². The van der Waals surface area contributed by atoms with Crippen LogP contribution in [0.15, 0.2) is 42.1 Å². The van der Waals surface area contributed by atoms with Crippen molar-refractivity contribution in [3.8, 4) is 5.75 Å². The van der Waals surface area contributed by atoms with Gasteiger partial charge in [0.05, 0.1) is 5.25 Å². The van der Waals surface area contributed by atoms with Crippen molar-refractivity contribution < 1.29 is 13.9 Å². The Morgan fingerprint density at radius 3 is 2.87 bits per heavy atom. The lowest BCUT2D eigenvalue weighted by Crippen LogP contribution is -2.35. The zero-order valence-corrected chi connectivity index (χ0v) is 18.2. The van der Waals surface area contributed by atoms with E-state index in [2.05, 4.69) is 22.1 Å². The molecule has 1 aromatic carbocycles. The zero-order chi connectivity index (χ0) is 21.3. The molecule has 1 atom stereocenters. The summed E-state index contributed by atoms with van der Waals surface area (Å²) in [4.78, 5) is 12.5. The molecule has 1 fully saturated rings. The highest BCUT2D eigenvalue weighted by atomic mass is 32.2. The number of nitrogens with zero attached hydrogens (tertiary/aromatic N) is 3. The molecule has 1 saturated carbocycles. The van der Waals surface area contributed by atoms with Crippen LogP contribution in [0.3, 0.4) is 0 Å². The third-order valence-corrected chi connectivity index (χ3v) is 6.32. The molecule has 1 aliphatic carbocycles. The lowest BCUT2D eigenvalue weighted by Gasteiger charge is -2.22. The van der Waals surface area contributed by atoms with Crippen LogP contribution in [0.2, 0.25) is 0 Å². The van der Waals surface area contributed by atoms with Crippen molar-refractivity contribution in [3.63, 3.8) is 0 Å². The first kappa shape index (κ1) is 22.3. The van der Waals surface area contributed by atoms with Crippen LogP contribution in [0.4, 0.5) is 4.39 Å². The molecule has 0 aliphatic heterocycles. The number of carbonyl (C=O) groups is 1. The number of benzene rings is 1. The summed E-state index contributed by atoms with van der Waals surface area (Å²) in [6.45, 7) is 6.93. The average Bonchev–Trinajstić information content (AvgIpc) is 3.13. The SMILES string of the molecule is C=CCn1c(COc2ccccc2F)nnc1SC(C)C(=O)NCC1CCCCC1. The molecule has 0 spiro atoms. The molecule has 8 heteroatoms. The summed E-state index contributed by atoms with van der Waals surface area (Å²) in [7, 11) is 0. The fourth-order valence-corrected chi connectivity index (χ4v) is 4.42. The number of nitrogens with one attached hydrogen (secondary N) is 1. The number of carbonyl (C=O) groups excluding carboxylic acids is 1. The summed E-state index contributed by atoms with van der Waals surface area (Å²) in [5.74, 6) is 0.880. The minimum atomic E-state index is -0.426. The molecule has 1 aromatic heterocycles. The van der Waals surface area contributed by atoms with Crippen molar-refractivity contribution in [1.29, 1.82) is 0 Å². The Balaban J connectivity index is 1.58. The van der Waals surface area contributed by atoms with Crippen molar-refractivity contribution in [1.82, 2.24) is 20.1 Å². The van der Waals surface area contributed by atoms with Crippen LogP contribution < -0.4 is 10.1 Å².